The smallest absolute Gasteiger partial charge is 0.212 e. The summed E-state index contributed by atoms with van der Waals surface area (Å²) in [5.41, 5.74) is 0.839. The first-order valence-electron chi connectivity index (χ1n) is 6.24. The molecule has 0 aliphatic carbocycles. The Balaban J connectivity index is 2.31. The molecule has 18 heavy (non-hydrogen) atoms. The molecule has 0 fully saturated rings. The second-order valence-electron chi connectivity index (χ2n) is 4.25. The molecule has 7 heteroatoms. The second kappa shape index (κ2) is 7.50. The zero-order chi connectivity index (χ0) is 13.4. The predicted molar refractivity (Wildman–Crippen MR) is 71.7 cm³/mol. The van der Waals surface area contributed by atoms with Gasteiger partial charge in [0, 0.05) is 17.8 Å². The Morgan fingerprint density at radius 3 is 2.83 bits per heavy atom. The van der Waals surface area contributed by atoms with E-state index in [0.29, 0.717) is 6.42 Å². The molecule has 104 valence electrons. The first kappa shape index (κ1) is 15.1. The minimum Gasteiger partial charge on any atom is -0.317 e. The van der Waals surface area contributed by atoms with E-state index < -0.39 is 10.0 Å². The second-order valence-corrected chi connectivity index (χ2v) is 6.12. The minimum atomic E-state index is -3.21. The Kier molecular flexibility index (Phi) is 6.31. The van der Waals surface area contributed by atoms with Crippen molar-refractivity contribution in [2.45, 2.75) is 32.7 Å². The number of hydrogen-bond donors (Lipinski definition) is 3. The molecule has 0 saturated carbocycles. The van der Waals surface area contributed by atoms with Gasteiger partial charge in [-0.25, -0.2) is 13.1 Å². The lowest BCUT2D eigenvalue weighted by atomic mass is 10.2. The molecule has 0 radical (unpaired) electrons. The van der Waals surface area contributed by atoms with Crippen LogP contribution >= 0.6 is 0 Å². The van der Waals surface area contributed by atoms with Gasteiger partial charge in [-0.15, -0.1) is 0 Å². The summed E-state index contributed by atoms with van der Waals surface area (Å²) in [6.45, 7) is 5.62. The van der Waals surface area contributed by atoms with E-state index in [4.69, 9.17) is 0 Å². The maximum atomic E-state index is 11.8. The van der Waals surface area contributed by atoms with Crippen molar-refractivity contribution in [3.05, 3.63) is 18.0 Å². The summed E-state index contributed by atoms with van der Waals surface area (Å²) >= 11 is 0. The molecule has 1 heterocycles. The van der Waals surface area contributed by atoms with Crippen LogP contribution in [0.25, 0.3) is 0 Å². The third-order valence-corrected chi connectivity index (χ3v) is 4.18. The van der Waals surface area contributed by atoms with Gasteiger partial charge in [0.05, 0.1) is 11.9 Å². The molecule has 0 bridgehead atoms. The van der Waals surface area contributed by atoms with Crippen molar-refractivity contribution in [3.63, 3.8) is 0 Å². The Morgan fingerprint density at radius 2 is 2.22 bits per heavy atom. The number of sulfonamides is 1. The number of unbranched alkanes of at least 4 members (excludes halogenated alkanes) is 1. The molecule has 6 nitrogen and oxygen atoms in total. The highest BCUT2D eigenvalue weighted by Gasteiger charge is 2.15. The highest BCUT2D eigenvalue weighted by atomic mass is 32.2. The van der Waals surface area contributed by atoms with Gasteiger partial charge < -0.3 is 5.32 Å². The summed E-state index contributed by atoms with van der Waals surface area (Å²) < 4.78 is 26.3. The number of H-pyrrole nitrogens is 1. The standard InChI is InChI=1S/C11H22N4O2S/c1-3-12-6-4-5-7-18(16,17)15-10(2)11-8-13-14-9-11/h8-10,12,15H,3-7H2,1-2H3,(H,13,14). The van der Waals surface area contributed by atoms with Crippen LogP contribution in [0.3, 0.4) is 0 Å². The van der Waals surface area contributed by atoms with Gasteiger partial charge in [0.15, 0.2) is 0 Å². The first-order chi connectivity index (χ1) is 8.55. The van der Waals surface area contributed by atoms with E-state index in [2.05, 4.69) is 20.2 Å². The van der Waals surface area contributed by atoms with E-state index in [9.17, 15) is 8.42 Å². The summed E-state index contributed by atoms with van der Waals surface area (Å²) in [5.74, 6) is 0.167. The fraction of sp³-hybridized carbons (Fsp3) is 0.727. The SMILES string of the molecule is CCNCCCCS(=O)(=O)NC(C)c1cn[nH]c1. The van der Waals surface area contributed by atoms with Crippen LogP contribution in [0.15, 0.2) is 12.4 Å². The Bertz CT molecular complexity index is 416. The van der Waals surface area contributed by atoms with Crippen LogP contribution < -0.4 is 10.0 Å². The van der Waals surface area contributed by atoms with Gasteiger partial charge in [-0.2, -0.15) is 5.10 Å². The molecule has 0 aromatic carbocycles. The Labute approximate surface area is 109 Å². The molecule has 1 rings (SSSR count). The highest BCUT2D eigenvalue weighted by Crippen LogP contribution is 2.11. The molecule has 1 unspecified atom stereocenters. The fourth-order valence-electron chi connectivity index (χ4n) is 1.61. The van der Waals surface area contributed by atoms with Gasteiger partial charge in [-0.1, -0.05) is 6.92 Å². The monoisotopic (exact) mass is 274 g/mol. The summed E-state index contributed by atoms with van der Waals surface area (Å²) in [5, 5.41) is 9.64. The van der Waals surface area contributed by atoms with Crippen molar-refractivity contribution < 1.29 is 8.42 Å². The summed E-state index contributed by atoms with van der Waals surface area (Å²) in [6.07, 6.45) is 4.85. The van der Waals surface area contributed by atoms with E-state index >= 15 is 0 Å². The van der Waals surface area contributed by atoms with E-state index in [1.54, 1.807) is 19.3 Å². The molecular weight excluding hydrogens is 252 g/mol. The number of aromatic amines is 1. The fourth-order valence-corrected chi connectivity index (χ4v) is 2.99. The van der Waals surface area contributed by atoms with Crippen molar-refractivity contribution in [1.82, 2.24) is 20.2 Å². The lowest BCUT2D eigenvalue weighted by molar-refractivity contribution is 0.561. The molecule has 0 saturated heterocycles. The molecular formula is C11H22N4O2S. The average molecular weight is 274 g/mol. The normalized spacial score (nSPS) is 13.7. The van der Waals surface area contributed by atoms with Crippen LogP contribution in [0.2, 0.25) is 0 Å². The van der Waals surface area contributed by atoms with E-state index in [1.807, 2.05) is 6.92 Å². The maximum Gasteiger partial charge on any atom is 0.212 e. The lowest BCUT2D eigenvalue weighted by Gasteiger charge is -2.12. The van der Waals surface area contributed by atoms with Gasteiger partial charge in [-0.3, -0.25) is 5.10 Å². The Hall–Kier alpha value is -0.920. The number of rotatable bonds is 9. The van der Waals surface area contributed by atoms with E-state index in [0.717, 1.165) is 25.1 Å². The minimum absolute atomic E-state index is 0.167. The van der Waals surface area contributed by atoms with Gasteiger partial charge in [0.2, 0.25) is 10.0 Å². The molecule has 0 spiro atoms. The van der Waals surface area contributed by atoms with E-state index in [-0.39, 0.29) is 11.8 Å². The molecule has 3 N–H and O–H groups in total. The molecule has 0 aliphatic rings. The quantitative estimate of drug-likeness (QED) is 0.581. The topological polar surface area (TPSA) is 86.9 Å². The Morgan fingerprint density at radius 1 is 1.44 bits per heavy atom. The largest absolute Gasteiger partial charge is 0.317 e. The zero-order valence-electron chi connectivity index (χ0n) is 10.9. The number of aromatic nitrogens is 2. The van der Waals surface area contributed by atoms with Crippen molar-refractivity contribution >= 4 is 10.0 Å². The lowest BCUT2D eigenvalue weighted by Crippen LogP contribution is -2.29. The number of hydrogen-bond acceptors (Lipinski definition) is 4. The predicted octanol–water partition coefficient (Wildman–Crippen LogP) is 0.780. The summed E-state index contributed by atoms with van der Waals surface area (Å²) in [4.78, 5) is 0. The van der Waals surface area contributed by atoms with Crippen LogP contribution in [0.4, 0.5) is 0 Å². The molecule has 1 aromatic heterocycles. The highest BCUT2D eigenvalue weighted by molar-refractivity contribution is 7.89. The third-order valence-electron chi connectivity index (χ3n) is 2.64. The van der Waals surface area contributed by atoms with Crippen molar-refractivity contribution in [1.29, 1.82) is 0 Å². The van der Waals surface area contributed by atoms with Crippen molar-refractivity contribution in [2.75, 3.05) is 18.8 Å². The first-order valence-corrected chi connectivity index (χ1v) is 7.90. The van der Waals surface area contributed by atoms with Crippen LogP contribution in [0, 0.1) is 0 Å². The van der Waals surface area contributed by atoms with Crippen LogP contribution in [-0.4, -0.2) is 37.5 Å². The molecule has 0 aliphatic heterocycles. The third kappa shape index (κ3) is 5.61. The van der Waals surface area contributed by atoms with Crippen LogP contribution in [0.5, 0.6) is 0 Å². The molecule has 1 atom stereocenters. The average Bonchev–Trinajstić information content (AvgIpc) is 2.81. The zero-order valence-corrected chi connectivity index (χ0v) is 11.8. The van der Waals surface area contributed by atoms with Crippen molar-refractivity contribution in [3.8, 4) is 0 Å². The van der Waals surface area contributed by atoms with Crippen molar-refractivity contribution in [2.24, 2.45) is 0 Å². The van der Waals surface area contributed by atoms with Gasteiger partial charge >= 0.3 is 0 Å². The number of nitrogens with one attached hydrogen (secondary N) is 3. The number of nitrogens with zero attached hydrogens (tertiary/aromatic N) is 1. The summed E-state index contributed by atoms with van der Waals surface area (Å²) in [6, 6.07) is -0.248. The molecule has 0 amide bonds. The molecule has 1 aromatic rings. The maximum absolute atomic E-state index is 11.8. The van der Waals surface area contributed by atoms with Crippen LogP contribution in [0.1, 0.15) is 38.3 Å². The van der Waals surface area contributed by atoms with Gasteiger partial charge in [-0.05, 0) is 32.9 Å². The van der Waals surface area contributed by atoms with Crippen LogP contribution in [-0.2, 0) is 10.0 Å². The van der Waals surface area contributed by atoms with Gasteiger partial charge in [0.25, 0.3) is 0 Å². The summed E-state index contributed by atoms with van der Waals surface area (Å²) in [7, 11) is -3.21. The van der Waals surface area contributed by atoms with E-state index in [1.165, 1.54) is 0 Å². The van der Waals surface area contributed by atoms with Gasteiger partial charge in [0.1, 0.15) is 0 Å².